The van der Waals surface area contributed by atoms with Crippen LogP contribution in [0.25, 0.3) is 0 Å². The number of nitrogens with two attached hydrogens (primary N) is 1. The van der Waals surface area contributed by atoms with Gasteiger partial charge in [0.2, 0.25) is 5.91 Å². The number of nitrogens with one attached hydrogen (secondary N) is 1. The van der Waals surface area contributed by atoms with Crippen LogP contribution in [0.1, 0.15) is 96.8 Å². The molecular formula is C21H40N2O3. The number of carboxylic acid groups (broad SMARTS) is 1. The minimum Gasteiger partial charge on any atom is -0.480 e. The zero-order valence-electron chi connectivity index (χ0n) is 16.7. The van der Waals surface area contributed by atoms with Gasteiger partial charge in [-0.15, -0.1) is 0 Å². The third kappa shape index (κ3) is 17.5. The van der Waals surface area contributed by atoms with Crippen molar-refractivity contribution in [2.45, 2.75) is 103 Å². The van der Waals surface area contributed by atoms with Gasteiger partial charge in [0.15, 0.2) is 0 Å². The van der Waals surface area contributed by atoms with Gasteiger partial charge < -0.3 is 16.2 Å². The summed E-state index contributed by atoms with van der Waals surface area (Å²) in [5.41, 5.74) is 5.42. The zero-order valence-corrected chi connectivity index (χ0v) is 16.7. The Hall–Kier alpha value is -1.36. The first kappa shape index (κ1) is 24.6. The summed E-state index contributed by atoms with van der Waals surface area (Å²) in [6.45, 7) is 2.83. The van der Waals surface area contributed by atoms with Crippen molar-refractivity contribution in [2.75, 3.05) is 6.54 Å². The molecule has 1 amide bonds. The number of hydrogen-bond acceptors (Lipinski definition) is 3. The van der Waals surface area contributed by atoms with Crippen molar-refractivity contribution >= 4 is 11.9 Å². The van der Waals surface area contributed by atoms with Crippen LogP contribution in [0.4, 0.5) is 0 Å². The molecule has 0 aliphatic heterocycles. The normalized spacial score (nSPS) is 12.4. The molecule has 0 rings (SSSR count). The van der Waals surface area contributed by atoms with Crippen molar-refractivity contribution in [3.63, 3.8) is 0 Å². The van der Waals surface area contributed by atoms with Crippen molar-refractivity contribution in [3.8, 4) is 0 Å². The first-order valence-corrected chi connectivity index (χ1v) is 10.5. The minimum absolute atomic E-state index is 0.0239. The van der Waals surface area contributed by atoms with Crippen molar-refractivity contribution < 1.29 is 14.7 Å². The summed E-state index contributed by atoms with van der Waals surface area (Å²) < 4.78 is 0. The summed E-state index contributed by atoms with van der Waals surface area (Å²) in [5, 5.41) is 11.5. The molecule has 0 bridgehead atoms. The zero-order chi connectivity index (χ0) is 19.5. The molecule has 5 nitrogen and oxygen atoms in total. The number of carboxylic acids is 1. The second-order valence-corrected chi connectivity index (χ2v) is 7.08. The fraction of sp³-hybridized carbons (Fsp3) is 0.810. The second kappa shape index (κ2) is 18.4. The number of amides is 1. The summed E-state index contributed by atoms with van der Waals surface area (Å²) in [6.07, 6.45) is 19.4. The van der Waals surface area contributed by atoms with Crippen LogP contribution >= 0.6 is 0 Å². The Bertz CT molecular complexity index is 383. The van der Waals surface area contributed by atoms with Crippen LogP contribution in [-0.2, 0) is 9.59 Å². The molecule has 0 saturated heterocycles. The predicted octanol–water partition coefficient (Wildman–Crippen LogP) is 4.55. The molecule has 4 N–H and O–H groups in total. The highest BCUT2D eigenvalue weighted by Gasteiger charge is 2.09. The monoisotopic (exact) mass is 368 g/mol. The molecular weight excluding hydrogens is 328 g/mol. The lowest BCUT2D eigenvalue weighted by atomic mass is 10.1. The molecule has 0 aromatic carbocycles. The maximum atomic E-state index is 11.6. The standard InChI is InChI=1S/C21H40N2O3/c1-2-3-4-5-6-7-8-9-10-11-12-13-17-20(24)23-18-15-14-16-19(22)21(25)26/h12-13,19H,2-11,14-18,22H2,1H3,(H,23,24)(H,25,26)/b13-12+/t19-/m0/s1. The summed E-state index contributed by atoms with van der Waals surface area (Å²) in [4.78, 5) is 22.2. The van der Waals surface area contributed by atoms with E-state index < -0.39 is 12.0 Å². The second-order valence-electron chi connectivity index (χ2n) is 7.08. The first-order chi connectivity index (χ1) is 12.6. The number of rotatable bonds is 18. The van der Waals surface area contributed by atoms with E-state index in [0.29, 0.717) is 25.8 Å². The van der Waals surface area contributed by atoms with E-state index in [1.807, 2.05) is 6.08 Å². The lowest BCUT2D eigenvalue weighted by molar-refractivity contribution is -0.138. The molecule has 152 valence electrons. The lowest BCUT2D eigenvalue weighted by Crippen LogP contribution is -2.30. The maximum Gasteiger partial charge on any atom is 0.320 e. The fourth-order valence-electron chi connectivity index (χ4n) is 2.79. The van der Waals surface area contributed by atoms with E-state index in [9.17, 15) is 9.59 Å². The number of aliphatic carboxylic acids is 1. The summed E-state index contributed by atoms with van der Waals surface area (Å²) in [6, 6.07) is -0.797. The van der Waals surface area contributed by atoms with E-state index in [0.717, 1.165) is 12.8 Å². The third-order valence-electron chi connectivity index (χ3n) is 4.53. The molecule has 0 aromatic heterocycles. The smallest absolute Gasteiger partial charge is 0.320 e. The van der Waals surface area contributed by atoms with Crippen LogP contribution in [-0.4, -0.2) is 29.6 Å². The first-order valence-electron chi connectivity index (χ1n) is 10.5. The van der Waals surface area contributed by atoms with Gasteiger partial charge in [0.1, 0.15) is 6.04 Å². The average Bonchev–Trinajstić information content (AvgIpc) is 2.62. The number of carbonyl (C=O) groups excluding carboxylic acids is 1. The average molecular weight is 369 g/mol. The summed E-state index contributed by atoms with van der Waals surface area (Å²) in [5.74, 6) is -0.943. The van der Waals surface area contributed by atoms with Gasteiger partial charge in [-0.2, -0.15) is 0 Å². The molecule has 1 atom stereocenters. The Morgan fingerprint density at radius 1 is 0.923 bits per heavy atom. The Balaban J connectivity index is 3.34. The van der Waals surface area contributed by atoms with Crippen LogP contribution < -0.4 is 11.1 Å². The summed E-state index contributed by atoms with van der Waals surface area (Å²) in [7, 11) is 0. The van der Waals surface area contributed by atoms with Crippen molar-refractivity contribution in [3.05, 3.63) is 12.2 Å². The molecule has 0 radical (unpaired) electrons. The number of carbonyl (C=O) groups is 2. The highest BCUT2D eigenvalue weighted by molar-refractivity contribution is 5.77. The Kier molecular flexibility index (Phi) is 17.5. The van der Waals surface area contributed by atoms with Gasteiger partial charge in [-0.3, -0.25) is 9.59 Å². The Morgan fingerprint density at radius 3 is 2.15 bits per heavy atom. The van der Waals surface area contributed by atoms with Gasteiger partial charge in [0.05, 0.1) is 0 Å². The number of allylic oxidation sites excluding steroid dienone is 1. The van der Waals surface area contributed by atoms with Crippen molar-refractivity contribution in [1.29, 1.82) is 0 Å². The minimum atomic E-state index is -0.967. The Morgan fingerprint density at radius 2 is 1.54 bits per heavy atom. The molecule has 0 aliphatic rings. The van der Waals surface area contributed by atoms with E-state index in [1.54, 1.807) is 0 Å². The molecule has 0 aliphatic carbocycles. The highest BCUT2D eigenvalue weighted by Crippen LogP contribution is 2.10. The quantitative estimate of drug-likeness (QED) is 0.244. The molecule has 0 unspecified atom stereocenters. The van der Waals surface area contributed by atoms with Crippen LogP contribution in [0.15, 0.2) is 12.2 Å². The number of hydrogen-bond donors (Lipinski definition) is 3. The van der Waals surface area contributed by atoms with E-state index in [-0.39, 0.29) is 5.91 Å². The molecule has 5 heteroatoms. The van der Waals surface area contributed by atoms with Crippen LogP contribution in [0.5, 0.6) is 0 Å². The van der Waals surface area contributed by atoms with Gasteiger partial charge in [0.25, 0.3) is 0 Å². The molecule has 0 fully saturated rings. The van der Waals surface area contributed by atoms with Crippen LogP contribution in [0.2, 0.25) is 0 Å². The lowest BCUT2D eigenvalue weighted by Gasteiger charge is -2.06. The van der Waals surface area contributed by atoms with E-state index >= 15 is 0 Å². The molecule has 26 heavy (non-hydrogen) atoms. The molecule has 0 aromatic rings. The van der Waals surface area contributed by atoms with Gasteiger partial charge in [0, 0.05) is 13.0 Å². The predicted molar refractivity (Wildman–Crippen MR) is 108 cm³/mol. The van der Waals surface area contributed by atoms with Crippen LogP contribution in [0.3, 0.4) is 0 Å². The highest BCUT2D eigenvalue weighted by atomic mass is 16.4. The Labute approximate surface area is 159 Å². The van der Waals surface area contributed by atoms with Gasteiger partial charge in [-0.1, -0.05) is 70.4 Å². The van der Waals surface area contributed by atoms with Gasteiger partial charge in [-0.05, 0) is 32.1 Å². The maximum absolute atomic E-state index is 11.6. The van der Waals surface area contributed by atoms with Crippen LogP contribution in [0, 0.1) is 0 Å². The van der Waals surface area contributed by atoms with E-state index in [2.05, 4.69) is 18.3 Å². The fourth-order valence-corrected chi connectivity index (χ4v) is 2.79. The number of unbranched alkanes of at least 4 members (excludes halogenated alkanes) is 10. The van der Waals surface area contributed by atoms with Gasteiger partial charge in [-0.25, -0.2) is 0 Å². The summed E-state index contributed by atoms with van der Waals surface area (Å²) >= 11 is 0. The molecule has 0 heterocycles. The van der Waals surface area contributed by atoms with Crippen molar-refractivity contribution in [2.24, 2.45) is 5.73 Å². The largest absolute Gasteiger partial charge is 0.480 e. The molecule has 0 spiro atoms. The molecule has 0 saturated carbocycles. The van der Waals surface area contributed by atoms with E-state index in [4.69, 9.17) is 10.8 Å². The van der Waals surface area contributed by atoms with Crippen molar-refractivity contribution in [1.82, 2.24) is 5.32 Å². The van der Waals surface area contributed by atoms with Gasteiger partial charge >= 0.3 is 5.97 Å². The van der Waals surface area contributed by atoms with E-state index in [1.165, 1.54) is 57.8 Å². The SMILES string of the molecule is CCCCCCCCCCC/C=C/CC(=O)NCCCC[C@H](N)C(=O)O. The topological polar surface area (TPSA) is 92.4 Å². The third-order valence-corrected chi connectivity index (χ3v) is 4.53.